The second kappa shape index (κ2) is 76.6. The van der Waals surface area contributed by atoms with E-state index in [0.29, 0.717) is 6.42 Å². The molecule has 2 atom stereocenters. The minimum Gasteiger partial charge on any atom is -0.462 e. The minimum atomic E-state index is -4.40. The summed E-state index contributed by atoms with van der Waals surface area (Å²) in [6.45, 7) is 3.54. The summed E-state index contributed by atoms with van der Waals surface area (Å²) in [7, 11) is -4.40. The van der Waals surface area contributed by atoms with E-state index < -0.39 is 26.5 Å². The SMILES string of the molecule is CC/C=C\C/C=C\C/C=C\C/C=C\C/C=C\C/C=C\C/C=C\C/C=C\C/C=C\CCCCCCCCCCCCCCCC(=O)OC(COC(=O)CCCCCCCCCCCCCCCCCCCC/C=C\C/C=C\C/C=C\C/C=C\CC)COP(=O)(O)OCCN. The van der Waals surface area contributed by atoms with Gasteiger partial charge in [0.2, 0.25) is 0 Å². The molecule has 0 aliphatic heterocycles. The number of phosphoric ester groups is 1. The van der Waals surface area contributed by atoms with Crippen LogP contribution in [0.25, 0.3) is 0 Å². The van der Waals surface area contributed by atoms with E-state index in [1.165, 1.54) is 167 Å². The third-order valence-electron chi connectivity index (χ3n) is 15.9. The Morgan fingerprint density at radius 1 is 0.323 bits per heavy atom. The first-order valence-electron chi connectivity index (χ1n) is 38.0. The number of hydrogen-bond donors (Lipinski definition) is 2. The topological polar surface area (TPSA) is 134 Å². The second-order valence-electron chi connectivity index (χ2n) is 24.8. The maximum absolute atomic E-state index is 12.8. The number of phosphoric acid groups is 1. The van der Waals surface area contributed by atoms with Crippen molar-refractivity contribution >= 4 is 19.8 Å². The standard InChI is InChI=1S/C83H140NO8P/c1-3-5-7-9-11-13-15-17-19-21-23-25-27-29-31-33-35-36-37-38-39-40-41-42-43-44-46-48-50-52-54-56-58-60-62-64-66-68-70-72-74-76-83(86)92-81(80-91-93(87,88)90-78-77-84)79-89-82(85)75-73-71-69-67-65-63-61-59-57-55-53-51-49-47-45-34-32-30-28-26-24-22-20-18-16-14-12-10-8-6-4-2/h5-8,11-14,17-20,23-26,29,31,35-36,38-39,41-42,44,46,81H,3-4,9-10,15-16,21-22,27-28,30,32-34,37,40,43,45,47-80,84H2,1-2H3,(H,87,88)/b7-5-,8-6-,13-11-,14-12-,19-17-,20-18-,25-23-,26-24-,31-29-,36-35-,39-38-,42-41-,46-44-. The van der Waals surface area contributed by atoms with Crippen LogP contribution >= 0.6 is 7.82 Å². The van der Waals surface area contributed by atoms with Crippen LogP contribution in [0.1, 0.15) is 322 Å². The molecular weight excluding hydrogens is 1170 g/mol. The van der Waals surface area contributed by atoms with Crippen LogP contribution in [0.5, 0.6) is 0 Å². The Labute approximate surface area is 572 Å². The largest absolute Gasteiger partial charge is 0.472 e. The first kappa shape index (κ1) is 88.6. The van der Waals surface area contributed by atoms with Crippen molar-refractivity contribution in [3.8, 4) is 0 Å². The maximum atomic E-state index is 12.8. The quantitative estimate of drug-likeness (QED) is 0.0264. The van der Waals surface area contributed by atoms with Gasteiger partial charge in [-0.2, -0.15) is 0 Å². The van der Waals surface area contributed by atoms with Gasteiger partial charge in [-0.05, 0) is 122 Å². The van der Waals surface area contributed by atoms with Crippen LogP contribution < -0.4 is 5.73 Å². The minimum absolute atomic E-state index is 0.0485. The van der Waals surface area contributed by atoms with Crippen LogP contribution in [0.15, 0.2) is 158 Å². The zero-order chi connectivity index (χ0) is 67.2. The highest BCUT2D eigenvalue weighted by Crippen LogP contribution is 2.43. The van der Waals surface area contributed by atoms with E-state index in [1.807, 2.05) is 0 Å². The molecular formula is C83H140NO8P. The number of hydrogen-bond acceptors (Lipinski definition) is 8. The van der Waals surface area contributed by atoms with Crippen LogP contribution in [0.2, 0.25) is 0 Å². The molecule has 0 aromatic rings. The van der Waals surface area contributed by atoms with Gasteiger partial charge in [0.15, 0.2) is 6.10 Å². The third kappa shape index (κ3) is 76.5. The van der Waals surface area contributed by atoms with Crippen molar-refractivity contribution in [3.63, 3.8) is 0 Å². The molecule has 0 bridgehead atoms. The summed E-state index contributed by atoms with van der Waals surface area (Å²) < 4.78 is 33.2. The van der Waals surface area contributed by atoms with Crippen LogP contribution in [-0.4, -0.2) is 49.3 Å². The average molecular weight is 1310 g/mol. The highest BCUT2D eigenvalue weighted by molar-refractivity contribution is 7.47. The number of nitrogens with two attached hydrogens (primary N) is 1. The molecule has 10 heteroatoms. The first-order chi connectivity index (χ1) is 45.8. The molecule has 0 aliphatic rings. The predicted molar refractivity (Wildman–Crippen MR) is 403 cm³/mol. The zero-order valence-corrected chi connectivity index (χ0v) is 60.6. The summed E-state index contributed by atoms with van der Waals surface area (Å²) in [5.74, 6) is -0.825. The first-order valence-corrected chi connectivity index (χ1v) is 39.5. The van der Waals surface area contributed by atoms with Crippen molar-refractivity contribution < 1.29 is 37.6 Å². The predicted octanol–water partition coefficient (Wildman–Crippen LogP) is 25.5. The van der Waals surface area contributed by atoms with Gasteiger partial charge in [-0.15, -0.1) is 0 Å². The summed E-state index contributed by atoms with van der Waals surface area (Å²) in [6, 6.07) is 0. The normalized spacial score (nSPS) is 13.8. The Kier molecular flexibility index (Phi) is 73.0. The molecule has 0 spiro atoms. The fraction of sp³-hybridized carbons (Fsp3) is 0.663. The van der Waals surface area contributed by atoms with Crippen LogP contribution in [0.4, 0.5) is 0 Å². The van der Waals surface area contributed by atoms with E-state index in [9.17, 15) is 19.0 Å². The van der Waals surface area contributed by atoms with E-state index >= 15 is 0 Å². The number of allylic oxidation sites excluding steroid dienone is 26. The molecule has 0 rings (SSSR count). The number of carbonyl (C=O) groups excluding carboxylic acids is 2. The van der Waals surface area contributed by atoms with E-state index in [1.54, 1.807) is 0 Å². The van der Waals surface area contributed by atoms with Crippen molar-refractivity contribution in [1.29, 1.82) is 0 Å². The Bertz CT molecular complexity index is 2090. The fourth-order valence-electron chi connectivity index (χ4n) is 10.4. The van der Waals surface area contributed by atoms with Crippen molar-refractivity contribution in [1.82, 2.24) is 0 Å². The van der Waals surface area contributed by atoms with Crippen molar-refractivity contribution in [2.24, 2.45) is 5.73 Å². The summed E-state index contributed by atoms with van der Waals surface area (Å²) in [5.41, 5.74) is 5.41. The Morgan fingerprint density at radius 2 is 0.559 bits per heavy atom. The highest BCUT2D eigenvalue weighted by atomic mass is 31.2. The smallest absolute Gasteiger partial charge is 0.462 e. The van der Waals surface area contributed by atoms with Gasteiger partial charge in [-0.25, -0.2) is 4.57 Å². The lowest BCUT2D eigenvalue weighted by atomic mass is 10.0. The molecule has 0 heterocycles. The molecule has 3 N–H and O–H groups in total. The molecule has 0 saturated carbocycles. The van der Waals surface area contributed by atoms with Gasteiger partial charge >= 0.3 is 19.8 Å². The third-order valence-corrected chi connectivity index (χ3v) is 16.9. The van der Waals surface area contributed by atoms with E-state index in [2.05, 4.69) is 172 Å². The van der Waals surface area contributed by atoms with E-state index in [-0.39, 0.29) is 38.6 Å². The van der Waals surface area contributed by atoms with Gasteiger partial charge in [0.05, 0.1) is 13.2 Å². The zero-order valence-electron chi connectivity index (χ0n) is 59.7. The summed E-state index contributed by atoms with van der Waals surface area (Å²) in [4.78, 5) is 35.4. The van der Waals surface area contributed by atoms with Gasteiger partial charge in [0.1, 0.15) is 6.61 Å². The van der Waals surface area contributed by atoms with Crippen molar-refractivity contribution in [2.75, 3.05) is 26.4 Å². The number of ether oxygens (including phenoxy) is 2. The molecule has 9 nitrogen and oxygen atoms in total. The number of unbranched alkanes of at least 4 members (excludes halogenated alkanes) is 31. The van der Waals surface area contributed by atoms with Crippen molar-refractivity contribution in [2.45, 2.75) is 328 Å². The van der Waals surface area contributed by atoms with Crippen LogP contribution in [0.3, 0.4) is 0 Å². The molecule has 2 unspecified atom stereocenters. The molecule has 0 amide bonds. The molecule has 0 aliphatic carbocycles. The summed E-state index contributed by atoms with van der Waals surface area (Å²) in [5, 5.41) is 0. The maximum Gasteiger partial charge on any atom is 0.472 e. The number of esters is 2. The molecule has 0 aromatic heterocycles. The molecule has 0 saturated heterocycles. The Morgan fingerprint density at radius 3 is 0.828 bits per heavy atom. The fourth-order valence-corrected chi connectivity index (χ4v) is 11.2. The van der Waals surface area contributed by atoms with Gasteiger partial charge in [0.25, 0.3) is 0 Å². The molecule has 0 radical (unpaired) electrons. The van der Waals surface area contributed by atoms with Gasteiger partial charge in [-0.1, -0.05) is 345 Å². The second-order valence-corrected chi connectivity index (χ2v) is 26.2. The average Bonchev–Trinajstić information content (AvgIpc) is 3.49. The van der Waals surface area contributed by atoms with Gasteiger partial charge in [-0.3, -0.25) is 18.6 Å². The van der Waals surface area contributed by atoms with Crippen LogP contribution in [0, 0.1) is 0 Å². The molecule has 0 fully saturated rings. The highest BCUT2D eigenvalue weighted by Gasteiger charge is 2.26. The lowest BCUT2D eigenvalue weighted by Crippen LogP contribution is -2.29. The lowest BCUT2D eigenvalue weighted by molar-refractivity contribution is -0.161. The summed E-state index contributed by atoms with van der Waals surface area (Å²) >= 11 is 0. The van der Waals surface area contributed by atoms with Crippen molar-refractivity contribution in [3.05, 3.63) is 158 Å². The van der Waals surface area contributed by atoms with E-state index in [4.69, 9.17) is 24.3 Å². The van der Waals surface area contributed by atoms with Gasteiger partial charge in [0, 0.05) is 19.4 Å². The Hall–Kier alpha value is -4.37. The summed E-state index contributed by atoms with van der Waals surface area (Å²) in [6.07, 6.45) is 112. The lowest BCUT2D eigenvalue weighted by Gasteiger charge is -2.19. The Balaban J connectivity index is 3.88. The molecule has 93 heavy (non-hydrogen) atoms. The number of carbonyl (C=O) groups is 2. The monoisotopic (exact) mass is 1310 g/mol. The molecule has 530 valence electrons. The van der Waals surface area contributed by atoms with Crippen LogP contribution in [-0.2, 0) is 32.7 Å². The number of rotatable bonds is 70. The van der Waals surface area contributed by atoms with E-state index in [0.717, 1.165) is 122 Å². The van der Waals surface area contributed by atoms with Gasteiger partial charge < -0.3 is 20.1 Å². The molecule has 0 aromatic carbocycles.